The summed E-state index contributed by atoms with van der Waals surface area (Å²) in [4.78, 5) is 63.6. The van der Waals surface area contributed by atoms with Gasteiger partial charge in [-0.05, 0) is 26.7 Å². The van der Waals surface area contributed by atoms with Crippen LogP contribution in [-0.4, -0.2) is 91.6 Å². The third-order valence-electron chi connectivity index (χ3n) is 7.06. The van der Waals surface area contributed by atoms with E-state index in [1.165, 1.54) is 0 Å². The van der Waals surface area contributed by atoms with Crippen molar-refractivity contribution in [2.24, 2.45) is 0 Å². The lowest BCUT2D eigenvalue weighted by Gasteiger charge is -2.36. The second-order valence-electron chi connectivity index (χ2n) is 10.2. The van der Waals surface area contributed by atoms with Gasteiger partial charge < -0.3 is 19.3 Å². The average molecular weight is 517 g/mol. The number of carbonyl (C=O) groups excluding carboxylic acids is 2. The topological polar surface area (TPSA) is 114 Å². The second kappa shape index (κ2) is 12.4. The smallest absolute Gasteiger partial charge is 0.234 e. The largest absolute Gasteiger partial charge is 0.378 e. The molecule has 0 radical (unpaired) electrons. The van der Waals surface area contributed by atoms with Crippen LogP contribution in [0.4, 0.5) is 0 Å². The molecule has 2 amide bonds. The molecule has 206 valence electrons. The van der Waals surface area contributed by atoms with Crippen molar-refractivity contribution in [3.05, 3.63) is 0 Å². The first-order valence-electron chi connectivity index (χ1n) is 13.1. The molecule has 4 rings (SSSR count). The first-order chi connectivity index (χ1) is 17.3. The summed E-state index contributed by atoms with van der Waals surface area (Å²) >= 11 is 0. The number of nitrogens with zero attached hydrogens (tertiary/aromatic N) is 2. The SMILES string of the molecule is CC1(CCC(=O)N2CCOCC2)OOC(C)(CCC(=O)N2CCOCC2)OOC2(CCCCC2)OO1. The molecule has 36 heavy (non-hydrogen) atoms. The molecule has 2 unspecified atom stereocenters. The van der Waals surface area contributed by atoms with Crippen LogP contribution in [0.3, 0.4) is 0 Å². The first-order valence-corrected chi connectivity index (χ1v) is 13.1. The highest BCUT2D eigenvalue weighted by atomic mass is 17.4. The zero-order chi connectivity index (χ0) is 25.5. The van der Waals surface area contributed by atoms with Crippen LogP contribution < -0.4 is 0 Å². The molecule has 12 heteroatoms. The van der Waals surface area contributed by atoms with Gasteiger partial charge in [0.05, 0.1) is 26.4 Å². The Hall–Kier alpha value is -1.38. The summed E-state index contributed by atoms with van der Waals surface area (Å²) in [7, 11) is 0. The maximum Gasteiger partial charge on any atom is 0.234 e. The van der Waals surface area contributed by atoms with Gasteiger partial charge in [0.1, 0.15) is 0 Å². The number of hydrogen-bond acceptors (Lipinski definition) is 10. The Kier molecular flexibility index (Phi) is 9.56. The Balaban J connectivity index is 1.41. The van der Waals surface area contributed by atoms with Gasteiger partial charge in [0.15, 0.2) is 0 Å². The molecule has 0 aromatic carbocycles. The van der Waals surface area contributed by atoms with Crippen LogP contribution in [0.15, 0.2) is 0 Å². The van der Waals surface area contributed by atoms with Gasteiger partial charge >= 0.3 is 0 Å². The standard InChI is InChI=1S/C24H40N2O10/c1-22(10-6-20(27)25-12-16-29-17-13-25)31-32-23(2,11-7-21(28)26-14-18-30-19-15-26)34-36-24(35-33-22)8-4-3-5-9-24/h3-19H2,1-2H3. The van der Waals surface area contributed by atoms with Gasteiger partial charge in [0.2, 0.25) is 29.2 Å². The van der Waals surface area contributed by atoms with Gasteiger partial charge in [0.25, 0.3) is 0 Å². The lowest BCUT2D eigenvalue weighted by atomic mass is 9.94. The van der Waals surface area contributed by atoms with Crippen LogP contribution in [0, 0.1) is 0 Å². The molecule has 2 atom stereocenters. The van der Waals surface area contributed by atoms with Gasteiger partial charge in [0, 0.05) is 64.7 Å². The number of hydrogen-bond donors (Lipinski definition) is 0. The van der Waals surface area contributed by atoms with Crippen molar-refractivity contribution in [2.45, 2.75) is 89.0 Å². The first kappa shape index (κ1) is 27.6. The molecular formula is C24H40N2O10. The highest BCUT2D eigenvalue weighted by Gasteiger charge is 2.47. The molecule has 1 saturated carbocycles. The second-order valence-corrected chi connectivity index (χ2v) is 10.2. The van der Waals surface area contributed by atoms with Crippen LogP contribution in [0.5, 0.6) is 0 Å². The molecule has 0 N–H and O–H groups in total. The van der Waals surface area contributed by atoms with E-state index in [0.717, 1.165) is 19.3 Å². The van der Waals surface area contributed by atoms with Crippen molar-refractivity contribution in [3.8, 4) is 0 Å². The summed E-state index contributed by atoms with van der Waals surface area (Å²) in [5.74, 6) is -3.98. The molecule has 0 bridgehead atoms. The van der Waals surface area contributed by atoms with Crippen LogP contribution in [0.1, 0.15) is 71.6 Å². The van der Waals surface area contributed by atoms with E-state index in [1.807, 2.05) is 0 Å². The molecule has 3 saturated heterocycles. The lowest BCUT2D eigenvalue weighted by molar-refractivity contribution is -0.551. The molecule has 1 aliphatic carbocycles. The maximum absolute atomic E-state index is 12.7. The van der Waals surface area contributed by atoms with E-state index in [-0.39, 0.29) is 37.5 Å². The van der Waals surface area contributed by atoms with Crippen LogP contribution in [0.2, 0.25) is 0 Å². The fraction of sp³-hybridized carbons (Fsp3) is 0.917. The minimum atomic E-state index is -1.40. The van der Waals surface area contributed by atoms with E-state index in [4.69, 9.17) is 38.8 Å². The van der Waals surface area contributed by atoms with Gasteiger partial charge in [-0.1, -0.05) is 6.42 Å². The van der Waals surface area contributed by atoms with Crippen molar-refractivity contribution in [1.29, 1.82) is 0 Å². The maximum atomic E-state index is 12.7. The Morgan fingerprint density at radius 3 is 1.42 bits per heavy atom. The van der Waals surface area contributed by atoms with Crippen LogP contribution in [0.25, 0.3) is 0 Å². The van der Waals surface area contributed by atoms with E-state index >= 15 is 0 Å². The lowest BCUT2D eigenvalue weighted by Crippen LogP contribution is -2.43. The molecule has 4 aliphatic rings. The summed E-state index contributed by atoms with van der Waals surface area (Å²) < 4.78 is 10.7. The molecule has 12 nitrogen and oxygen atoms in total. The molecule has 3 heterocycles. The van der Waals surface area contributed by atoms with Crippen molar-refractivity contribution in [3.63, 3.8) is 0 Å². The fourth-order valence-electron chi connectivity index (χ4n) is 4.58. The van der Waals surface area contributed by atoms with E-state index in [0.29, 0.717) is 65.4 Å². The molecule has 1 spiro atoms. The Morgan fingerprint density at radius 2 is 1.00 bits per heavy atom. The quantitative estimate of drug-likeness (QED) is 0.487. The monoisotopic (exact) mass is 516 g/mol. The van der Waals surface area contributed by atoms with Gasteiger partial charge in [-0.3, -0.25) is 9.59 Å². The normalized spacial score (nSPS) is 31.9. The van der Waals surface area contributed by atoms with Crippen molar-refractivity contribution < 1.29 is 48.4 Å². The Bertz CT molecular complexity index is 682. The van der Waals surface area contributed by atoms with Crippen molar-refractivity contribution >= 4 is 11.8 Å². The van der Waals surface area contributed by atoms with Crippen molar-refractivity contribution in [1.82, 2.24) is 9.80 Å². The van der Waals surface area contributed by atoms with Crippen LogP contribution >= 0.6 is 0 Å². The van der Waals surface area contributed by atoms with Crippen molar-refractivity contribution in [2.75, 3.05) is 52.6 Å². The highest BCUT2D eigenvalue weighted by Crippen LogP contribution is 2.39. The van der Waals surface area contributed by atoms with E-state index < -0.39 is 17.4 Å². The third-order valence-corrected chi connectivity index (χ3v) is 7.06. The van der Waals surface area contributed by atoms with Crippen LogP contribution in [-0.2, 0) is 48.4 Å². The predicted octanol–water partition coefficient (Wildman–Crippen LogP) is 2.22. The Labute approximate surface area is 212 Å². The van der Waals surface area contributed by atoms with Gasteiger partial charge in [-0.2, -0.15) is 29.3 Å². The molecule has 3 aliphatic heterocycles. The minimum Gasteiger partial charge on any atom is -0.378 e. The molecule has 0 aromatic heterocycles. The minimum absolute atomic E-state index is 0.0228. The zero-order valence-corrected chi connectivity index (χ0v) is 21.5. The number of ether oxygens (including phenoxy) is 2. The Morgan fingerprint density at radius 1 is 0.611 bits per heavy atom. The summed E-state index contributed by atoms with van der Waals surface area (Å²) in [6.07, 6.45) is 4.66. The molecule has 0 aromatic rings. The number of amides is 2. The van der Waals surface area contributed by atoms with E-state index in [2.05, 4.69) is 0 Å². The highest BCUT2D eigenvalue weighted by molar-refractivity contribution is 5.76. The summed E-state index contributed by atoms with van der Waals surface area (Å²) in [6, 6.07) is 0. The summed E-state index contributed by atoms with van der Waals surface area (Å²) in [6.45, 7) is 7.66. The van der Waals surface area contributed by atoms with E-state index in [9.17, 15) is 9.59 Å². The molecular weight excluding hydrogens is 476 g/mol. The summed E-state index contributed by atoms with van der Waals surface area (Å²) in [5, 5.41) is 0. The zero-order valence-electron chi connectivity index (χ0n) is 21.5. The average Bonchev–Trinajstić information content (AvgIpc) is 2.97. The third kappa shape index (κ3) is 7.57. The van der Waals surface area contributed by atoms with Gasteiger partial charge in [-0.25, -0.2) is 0 Å². The number of morpholine rings is 2. The summed E-state index contributed by atoms with van der Waals surface area (Å²) in [5.41, 5.74) is 0. The molecule has 4 fully saturated rings. The number of carbonyl (C=O) groups is 2. The van der Waals surface area contributed by atoms with E-state index in [1.54, 1.807) is 23.6 Å². The fourth-order valence-corrected chi connectivity index (χ4v) is 4.58. The number of rotatable bonds is 6. The van der Waals surface area contributed by atoms with Gasteiger partial charge in [-0.15, -0.1) is 0 Å². The predicted molar refractivity (Wildman–Crippen MR) is 122 cm³/mol.